The number of carbonyl (C=O) groups excluding carboxylic acids is 1. The Kier molecular flexibility index (Phi) is 6.02. The highest BCUT2D eigenvalue weighted by atomic mass is 16.5. The molecule has 0 atom stereocenters. The molecule has 0 unspecified atom stereocenters. The molecule has 1 aromatic carbocycles. The molecule has 1 aromatic rings. The normalized spacial score (nSPS) is 17.2. The van der Waals surface area contributed by atoms with Crippen LogP contribution in [0.4, 0.5) is 4.79 Å². The Bertz CT molecular complexity index is 425. The number of amides is 1. The van der Waals surface area contributed by atoms with Gasteiger partial charge in [0.2, 0.25) is 0 Å². The van der Waals surface area contributed by atoms with E-state index >= 15 is 0 Å². The molecule has 0 bridgehead atoms. The monoisotopic (exact) mass is 292 g/mol. The standard InChI is InChI=1S/C16H24N2O3/c1-20-13-16(7-9-17-10-8-16)12-18-15(19)21-11-14-5-3-2-4-6-14/h2-6,17H,7-13H2,1H3,(H,18,19). The maximum atomic E-state index is 11.8. The van der Waals surface area contributed by atoms with Crippen LogP contribution in [0.2, 0.25) is 0 Å². The van der Waals surface area contributed by atoms with Crippen molar-refractivity contribution in [1.29, 1.82) is 0 Å². The van der Waals surface area contributed by atoms with Crippen molar-refractivity contribution in [2.45, 2.75) is 19.4 Å². The molecule has 1 heterocycles. The van der Waals surface area contributed by atoms with Gasteiger partial charge in [-0.3, -0.25) is 0 Å². The van der Waals surface area contributed by atoms with Crippen molar-refractivity contribution < 1.29 is 14.3 Å². The molecule has 2 N–H and O–H groups in total. The number of hydrogen-bond acceptors (Lipinski definition) is 4. The quantitative estimate of drug-likeness (QED) is 0.841. The van der Waals surface area contributed by atoms with Crippen molar-refractivity contribution in [2.24, 2.45) is 5.41 Å². The molecule has 1 aliphatic heterocycles. The summed E-state index contributed by atoms with van der Waals surface area (Å²) in [6, 6.07) is 9.67. The van der Waals surface area contributed by atoms with Crippen LogP contribution in [0.3, 0.4) is 0 Å². The van der Waals surface area contributed by atoms with Gasteiger partial charge in [0.1, 0.15) is 6.61 Å². The first-order valence-corrected chi connectivity index (χ1v) is 7.38. The predicted octanol–water partition coefficient (Wildman–Crippen LogP) is 1.93. The van der Waals surface area contributed by atoms with Crippen LogP contribution in [0, 0.1) is 5.41 Å². The predicted molar refractivity (Wildman–Crippen MR) is 81.0 cm³/mol. The number of hydrogen-bond donors (Lipinski definition) is 2. The Balaban J connectivity index is 1.76. The fourth-order valence-corrected chi connectivity index (χ4v) is 2.67. The number of ether oxygens (including phenoxy) is 2. The average molecular weight is 292 g/mol. The summed E-state index contributed by atoms with van der Waals surface area (Å²) in [5, 5.41) is 6.21. The van der Waals surface area contributed by atoms with E-state index < -0.39 is 0 Å². The van der Waals surface area contributed by atoms with Crippen LogP contribution in [0.15, 0.2) is 30.3 Å². The lowest BCUT2D eigenvalue weighted by Gasteiger charge is -2.36. The molecule has 1 aliphatic rings. The summed E-state index contributed by atoms with van der Waals surface area (Å²) < 4.78 is 10.6. The molecule has 0 aliphatic carbocycles. The number of alkyl carbamates (subject to hydrolysis) is 1. The van der Waals surface area contributed by atoms with Gasteiger partial charge >= 0.3 is 6.09 Å². The lowest BCUT2D eigenvalue weighted by Crippen LogP contribution is -2.47. The average Bonchev–Trinajstić information content (AvgIpc) is 2.53. The first kappa shape index (κ1) is 15.8. The van der Waals surface area contributed by atoms with E-state index in [9.17, 15) is 4.79 Å². The maximum Gasteiger partial charge on any atom is 0.407 e. The van der Waals surface area contributed by atoms with Gasteiger partial charge in [-0.05, 0) is 31.5 Å². The van der Waals surface area contributed by atoms with Crippen LogP contribution in [-0.4, -0.2) is 39.4 Å². The summed E-state index contributed by atoms with van der Waals surface area (Å²) >= 11 is 0. The smallest absolute Gasteiger partial charge is 0.407 e. The van der Waals surface area contributed by atoms with Gasteiger partial charge in [-0.25, -0.2) is 4.79 Å². The summed E-state index contributed by atoms with van der Waals surface area (Å²) in [6.45, 7) is 3.48. The number of rotatable bonds is 6. The second-order valence-electron chi connectivity index (χ2n) is 5.60. The summed E-state index contributed by atoms with van der Waals surface area (Å²) in [6.07, 6.45) is 1.63. The third-order valence-electron chi connectivity index (χ3n) is 3.94. The van der Waals surface area contributed by atoms with Crippen LogP contribution < -0.4 is 10.6 Å². The minimum atomic E-state index is -0.368. The Morgan fingerprint density at radius 1 is 1.29 bits per heavy atom. The molecular formula is C16H24N2O3. The molecular weight excluding hydrogens is 268 g/mol. The highest BCUT2D eigenvalue weighted by molar-refractivity contribution is 5.67. The minimum Gasteiger partial charge on any atom is -0.445 e. The summed E-state index contributed by atoms with van der Waals surface area (Å²) in [5.41, 5.74) is 1.01. The zero-order valence-electron chi connectivity index (χ0n) is 12.6. The van der Waals surface area contributed by atoms with Crippen molar-refractivity contribution in [3.8, 4) is 0 Å². The van der Waals surface area contributed by atoms with Crippen molar-refractivity contribution in [2.75, 3.05) is 33.4 Å². The van der Waals surface area contributed by atoms with Gasteiger partial charge in [-0.15, -0.1) is 0 Å². The van der Waals surface area contributed by atoms with Crippen LogP contribution >= 0.6 is 0 Å². The highest BCUT2D eigenvalue weighted by Gasteiger charge is 2.32. The van der Waals surface area contributed by atoms with Gasteiger partial charge in [0, 0.05) is 19.1 Å². The number of nitrogens with one attached hydrogen (secondary N) is 2. The van der Waals surface area contributed by atoms with Gasteiger partial charge in [-0.2, -0.15) is 0 Å². The number of methoxy groups -OCH3 is 1. The van der Waals surface area contributed by atoms with E-state index in [0.29, 0.717) is 19.8 Å². The first-order valence-electron chi connectivity index (χ1n) is 7.38. The lowest BCUT2D eigenvalue weighted by atomic mass is 9.79. The molecule has 5 heteroatoms. The zero-order valence-corrected chi connectivity index (χ0v) is 12.6. The third-order valence-corrected chi connectivity index (χ3v) is 3.94. The first-order chi connectivity index (χ1) is 10.2. The molecule has 5 nitrogen and oxygen atoms in total. The third kappa shape index (κ3) is 5.02. The number of piperidine rings is 1. The number of carbonyl (C=O) groups is 1. The second-order valence-corrected chi connectivity index (χ2v) is 5.60. The molecule has 1 fully saturated rings. The van der Waals surface area contributed by atoms with Crippen LogP contribution in [-0.2, 0) is 16.1 Å². The largest absolute Gasteiger partial charge is 0.445 e. The van der Waals surface area contributed by atoms with E-state index in [1.807, 2.05) is 30.3 Å². The summed E-state index contributed by atoms with van der Waals surface area (Å²) in [7, 11) is 1.71. The van der Waals surface area contributed by atoms with Gasteiger partial charge in [0.15, 0.2) is 0 Å². The molecule has 0 aromatic heterocycles. The topological polar surface area (TPSA) is 59.6 Å². The van der Waals surface area contributed by atoms with E-state index in [0.717, 1.165) is 31.5 Å². The molecule has 1 saturated heterocycles. The summed E-state index contributed by atoms with van der Waals surface area (Å²) in [4.78, 5) is 11.8. The van der Waals surface area contributed by atoms with E-state index in [1.165, 1.54) is 0 Å². The van der Waals surface area contributed by atoms with E-state index in [-0.39, 0.29) is 11.5 Å². The second kappa shape index (κ2) is 8.00. The van der Waals surface area contributed by atoms with Crippen LogP contribution in [0.25, 0.3) is 0 Å². The van der Waals surface area contributed by atoms with Crippen LogP contribution in [0.1, 0.15) is 18.4 Å². The molecule has 0 radical (unpaired) electrons. The van der Waals surface area contributed by atoms with Gasteiger partial charge < -0.3 is 20.1 Å². The van der Waals surface area contributed by atoms with Crippen molar-refractivity contribution >= 4 is 6.09 Å². The van der Waals surface area contributed by atoms with E-state index in [4.69, 9.17) is 9.47 Å². The Morgan fingerprint density at radius 2 is 2.00 bits per heavy atom. The van der Waals surface area contributed by atoms with Gasteiger partial charge in [0.25, 0.3) is 0 Å². The van der Waals surface area contributed by atoms with E-state index in [1.54, 1.807) is 7.11 Å². The number of benzene rings is 1. The fraction of sp³-hybridized carbons (Fsp3) is 0.562. The Labute approximate surface area is 126 Å². The lowest BCUT2D eigenvalue weighted by molar-refractivity contribution is 0.0512. The van der Waals surface area contributed by atoms with Crippen molar-refractivity contribution in [1.82, 2.24) is 10.6 Å². The SMILES string of the molecule is COCC1(CNC(=O)OCc2ccccc2)CCNCC1. The molecule has 0 saturated carbocycles. The Morgan fingerprint density at radius 3 is 2.67 bits per heavy atom. The van der Waals surface area contributed by atoms with Crippen molar-refractivity contribution in [3.63, 3.8) is 0 Å². The fourth-order valence-electron chi connectivity index (χ4n) is 2.67. The molecule has 0 spiro atoms. The molecule has 116 valence electrons. The van der Waals surface area contributed by atoms with Gasteiger partial charge in [-0.1, -0.05) is 30.3 Å². The zero-order chi connectivity index (χ0) is 15.0. The molecule has 2 rings (SSSR count). The molecule has 1 amide bonds. The Hall–Kier alpha value is -1.59. The van der Waals surface area contributed by atoms with Crippen LogP contribution in [0.5, 0.6) is 0 Å². The molecule has 21 heavy (non-hydrogen) atoms. The highest BCUT2D eigenvalue weighted by Crippen LogP contribution is 2.28. The summed E-state index contributed by atoms with van der Waals surface area (Å²) in [5.74, 6) is 0. The maximum absolute atomic E-state index is 11.8. The minimum absolute atomic E-state index is 0.0196. The van der Waals surface area contributed by atoms with E-state index in [2.05, 4.69) is 10.6 Å². The van der Waals surface area contributed by atoms with Crippen molar-refractivity contribution in [3.05, 3.63) is 35.9 Å². The van der Waals surface area contributed by atoms with Gasteiger partial charge in [0.05, 0.1) is 6.61 Å².